The number of amides is 4. The zero-order chi connectivity index (χ0) is 29.9. The van der Waals surface area contributed by atoms with E-state index in [0.717, 1.165) is 17.2 Å². The Bertz CT molecular complexity index is 1520. The van der Waals surface area contributed by atoms with Gasteiger partial charge in [0, 0.05) is 19.5 Å². The standard InChI is InChI=1S/C32H29F3N4O3/c1-2-17-38-26-20-39(25(18-21-11-5-3-6-12-21)29(40)36-19-22-13-7-4-8-14-22)30(41)27(26)28(37-31(38)42)23-15-9-10-16-24(23)32(33,34)35/h2-16,25,28H,1,17-20H2,(H,36,40)(H,37,42)/t25-,28-/m1/s1. The predicted molar refractivity (Wildman–Crippen MR) is 151 cm³/mol. The highest BCUT2D eigenvalue weighted by Crippen LogP contribution is 2.42. The van der Waals surface area contributed by atoms with Crippen molar-refractivity contribution in [1.29, 1.82) is 0 Å². The van der Waals surface area contributed by atoms with Crippen LogP contribution in [0.15, 0.2) is 109 Å². The third kappa shape index (κ3) is 5.79. The Hall–Kier alpha value is -4.86. The number of nitrogens with one attached hydrogen (secondary N) is 2. The van der Waals surface area contributed by atoms with Crippen molar-refractivity contribution in [3.05, 3.63) is 131 Å². The van der Waals surface area contributed by atoms with Crippen LogP contribution in [0.4, 0.5) is 18.0 Å². The minimum absolute atomic E-state index is 0.00192. The molecule has 0 saturated carbocycles. The lowest BCUT2D eigenvalue weighted by Gasteiger charge is -2.33. The van der Waals surface area contributed by atoms with Gasteiger partial charge in [-0.3, -0.25) is 14.5 Å². The average Bonchev–Trinajstić information content (AvgIpc) is 3.33. The minimum atomic E-state index is -4.71. The summed E-state index contributed by atoms with van der Waals surface area (Å²) >= 11 is 0. The monoisotopic (exact) mass is 574 g/mol. The highest BCUT2D eigenvalue weighted by molar-refractivity contribution is 6.03. The number of hydrogen-bond donors (Lipinski definition) is 2. The van der Waals surface area contributed by atoms with Crippen molar-refractivity contribution in [1.82, 2.24) is 20.4 Å². The second-order valence-electron chi connectivity index (χ2n) is 10.1. The molecule has 7 nitrogen and oxygen atoms in total. The van der Waals surface area contributed by atoms with Crippen molar-refractivity contribution < 1.29 is 27.6 Å². The topological polar surface area (TPSA) is 81.8 Å². The molecule has 3 aromatic carbocycles. The van der Waals surface area contributed by atoms with Crippen LogP contribution in [0.2, 0.25) is 0 Å². The van der Waals surface area contributed by atoms with Gasteiger partial charge in [0.1, 0.15) is 6.04 Å². The smallest absolute Gasteiger partial charge is 0.350 e. The minimum Gasteiger partial charge on any atom is -0.350 e. The Kier molecular flexibility index (Phi) is 8.15. The number of nitrogens with zero attached hydrogens (tertiary/aromatic N) is 2. The molecular weight excluding hydrogens is 545 g/mol. The van der Waals surface area contributed by atoms with Crippen LogP contribution in [0.5, 0.6) is 0 Å². The maximum Gasteiger partial charge on any atom is 0.416 e. The van der Waals surface area contributed by atoms with Gasteiger partial charge in [-0.15, -0.1) is 6.58 Å². The highest BCUT2D eigenvalue weighted by atomic mass is 19.4. The molecule has 216 valence electrons. The molecule has 2 atom stereocenters. The summed E-state index contributed by atoms with van der Waals surface area (Å²) < 4.78 is 42.0. The molecule has 0 aliphatic carbocycles. The van der Waals surface area contributed by atoms with E-state index < -0.39 is 41.7 Å². The maximum absolute atomic E-state index is 14.2. The summed E-state index contributed by atoms with van der Waals surface area (Å²) in [6, 6.07) is 20.3. The fraction of sp³-hybridized carbons (Fsp3) is 0.219. The van der Waals surface area contributed by atoms with Gasteiger partial charge in [-0.2, -0.15) is 13.2 Å². The molecule has 2 aliphatic heterocycles. The van der Waals surface area contributed by atoms with E-state index in [1.165, 1.54) is 34.1 Å². The van der Waals surface area contributed by atoms with Gasteiger partial charge in [0.15, 0.2) is 0 Å². The first-order chi connectivity index (χ1) is 20.2. The Balaban J connectivity index is 1.53. The summed E-state index contributed by atoms with van der Waals surface area (Å²) in [5.41, 5.74) is 0.720. The fourth-order valence-electron chi connectivity index (χ4n) is 5.41. The first kappa shape index (κ1) is 28.7. The van der Waals surface area contributed by atoms with Crippen molar-refractivity contribution in [2.45, 2.75) is 31.2 Å². The number of benzene rings is 3. The normalized spacial score (nSPS) is 17.5. The number of carbonyl (C=O) groups excluding carboxylic acids is 3. The molecule has 0 aromatic heterocycles. The average molecular weight is 575 g/mol. The molecule has 0 unspecified atom stereocenters. The molecule has 3 aromatic rings. The summed E-state index contributed by atoms with van der Waals surface area (Å²) in [7, 11) is 0. The number of hydrogen-bond acceptors (Lipinski definition) is 3. The Morgan fingerprint density at radius 1 is 0.976 bits per heavy atom. The van der Waals surface area contributed by atoms with E-state index in [1.807, 2.05) is 60.7 Å². The molecule has 42 heavy (non-hydrogen) atoms. The van der Waals surface area contributed by atoms with Gasteiger partial charge in [0.2, 0.25) is 5.91 Å². The van der Waals surface area contributed by atoms with Crippen LogP contribution in [0, 0.1) is 0 Å². The molecule has 0 radical (unpaired) electrons. The number of halogens is 3. The predicted octanol–water partition coefficient (Wildman–Crippen LogP) is 4.98. The summed E-state index contributed by atoms with van der Waals surface area (Å²) in [6.07, 6.45) is -3.08. The summed E-state index contributed by atoms with van der Waals surface area (Å²) in [5, 5.41) is 5.50. The number of carbonyl (C=O) groups is 3. The van der Waals surface area contributed by atoms with Crippen molar-refractivity contribution in [2.75, 3.05) is 13.1 Å². The fourth-order valence-corrected chi connectivity index (χ4v) is 5.41. The van der Waals surface area contributed by atoms with Crippen LogP contribution in [0.25, 0.3) is 0 Å². The summed E-state index contributed by atoms with van der Waals surface area (Å²) in [6.45, 7) is 3.81. The zero-order valence-electron chi connectivity index (χ0n) is 22.6. The van der Waals surface area contributed by atoms with E-state index in [4.69, 9.17) is 0 Å². The third-order valence-electron chi connectivity index (χ3n) is 7.40. The van der Waals surface area contributed by atoms with Crippen LogP contribution in [-0.4, -0.2) is 46.8 Å². The van der Waals surface area contributed by atoms with Gasteiger partial charge in [-0.25, -0.2) is 4.79 Å². The van der Waals surface area contributed by atoms with Crippen LogP contribution < -0.4 is 10.6 Å². The molecule has 0 spiro atoms. The van der Waals surface area contributed by atoms with Gasteiger partial charge in [0.25, 0.3) is 5.91 Å². The van der Waals surface area contributed by atoms with Gasteiger partial charge in [-0.1, -0.05) is 84.9 Å². The van der Waals surface area contributed by atoms with Crippen molar-refractivity contribution in [3.63, 3.8) is 0 Å². The van der Waals surface area contributed by atoms with E-state index >= 15 is 0 Å². The van der Waals surface area contributed by atoms with Crippen molar-refractivity contribution in [3.8, 4) is 0 Å². The molecule has 2 heterocycles. The largest absolute Gasteiger partial charge is 0.416 e. The number of alkyl halides is 3. The SMILES string of the molecule is C=CCN1C(=O)N[C@H](c2ccccc2C(F)(F)F)C2=C1CN([C@H](Cc1ccccc1)C(=O)NCc1ccccc1)C2=O. The molecule has 2 aliphatic rings. The highest BCUT2D eigenvalue weighted by Gasteiger charge is 2.48. The van der Waals surface area contributed by atoms with Gasteiger partial charge in [-0.05, 0) is 22.8 Å². The molecule has 4 amide bonds. The van der Waals surface area contributed by atoms with E-state index in [9.17, 15) is 27.6 Å². The molecule has 5 rings (SSSR count). The van der Waals surface area contributed by atoms with Gasteiger partial charge in [0.05, 0.1) is 29.4 Å². The van der Waals surface area contributed by atoms with E-state index in [1.54, 1.807) is 0 Å². The van der Waals surface area contributed by atoms with E-state index in [2.05, 4.69) is 17.2 Å². The lowest BCUT2D eigenvalue weighted by atomic mass is 9.91. The molecule has 0 saturated heterocycles. The number of urea groups is 1. The van der Waals surface area contributed by atoms with Crippen LogP contribution >= 0.6 is 0 Å². The van der Waals surface area contributed by atoms with Crippen molar-refractivity contribution >= 4 is 17.8 Å². The molecule has 0 fully saturated rings. The lowest BCUT2D eigenvalue weighted by molar-refractivity contribution is -0.138. The Labute approximate surface area is 241 Å². The van der Waals surface area contributed by atoms with Crippen LogP contribution in [0.1, 0.15) is 28.3 Å². The maximum atomic E-state index is 14.2. The third-order valence-corrected chi connectivity index (χ3v) is 7.40. The molecule has 10 heteroatoms. The lowest BCUT2D eigenvalue weighted by Crippen LogP contribution is -2.49. The van der Waals surface area contributed by atoms with Gasteiger partial charge >= 0.3 is 12.2 Å². The van der Waals surface area contributed by atoms with E-state index in [-0.39, 0.29) is 42.9 Å². The van der Waals surface area contributed by atoms with Crippen LogP contribution in [-0.2, 0) is 28.7 Å². The molecule has 0 bridgehead atoms. The summed E-state index contributed by atoms with van der Waals surface area (Å²) in [5.74, 6) is -1.03. The first-order valence-corrected chi connectivity index (χ1v) is 13.4. The van der Waals surface area contributed by atoms with Crippen LogP contribution in [0.3, 0.4) is 0 Å². The molecule has 2 N–H and O–H groups in total. The molecular formula is C32H29F3N4O3. The van der Waals surface area contributed by atoms with Gasteiger partial charge < -0.3 is 15.5 Å². The Morgan fingerprint density at radius 2 is 1.60 bits per heavy atom. The number of rotatable bonds is 9. The summed E-state index contributed by atoms with van der Waals surface area (Å²) in [4.78, 5) is 43.6. The van der Waals surface area contributed by atoms with E-state index in [0.29, 0.717) is 0 Å². The zero-order valence-corrected chi connectivity index (χ0v) is 22.6. The second kappa shape index (κ2) is 11.9. The second-order valence-corrected chi connectivity index (χ2v) is 10.1. The Morgan fingerprint density at radius 3 is 2.24 bits per heavy atom. The first-order valence-electron chi connectivity index (χ1n) is 13.4. The van der Waals surface area contributed by atoms with Crippen molar-refractivity contribution in [2.24, 2.45) is 0 Å². The quantitative estimate of drug-likeness (QED) is 0.354.